The molecule has 0 spiro atoms. The molecule has 44 valence electrons. The van der Waals surface area contributed by atoms with Crippen molar-refractivity contribution in [1.29, 1.82) is 0 Å². The molecule has 0 bridgehead atoms. The van der Waals surface area contributed by atoms with Crippen LogP contribution < -0.4 is 5.32 Å². The van der Waals surface area contributed by atoms with E-state index in [2.05, 4.69) is 17.6 Å². The number of nitrogens with one attached hydrogen (secondary N) is 1. The molecule has 0 aromatic carbocycles. The number of rotatable bonds is 0. The molecule has 0 atom stereocenters. The average Bonchev–Trinajstić information content (AvgIpc) is 1.90. The summed E-state index contributed by atoms with van der Waals surface area (Å²) >= 11 is 0. The summed E-state index contributed by atoms with van der Waals surface area (Å²) in [7, 11) is 0. The van der Waals surface area contributed by atoms with Gasteiger partial charge in [0.2, 0.25) is 0 Å². The van der Waals surface area contributed by atoms with Gasteiger partial charge in [-0.3, -0.25) is 0 Å². The number of allylic oxidation sites excluding steroid dienone is 1. The zero-order chi connectivity index (χ0) is 5.82. The van der Waals surface area contributed by atoms with Gasteiger partial charge in [-0.05, 0) is 19.3 Å². The van der Waals surface area contributed by atoms with Crippen LogP contribution in [0.4, 0.5) is 0 Å². The first-order valence-electron chi connectivity index (χ1n) is 3.06. The lowest BCUT2D eigenvalue weighted by molar-refractivity contribution is 0.589. The summed E-state index contributed by atoms with van der Waals surface area (Å²) in [6.45, 7) is 4.67. The predicted octanol–water partition coefficient (Wildman–Crippen LogP) is 1.43. The summed E-state index contributed by atoms with van der Waals surface area (Å²) < 4.78 is 0. The molecule has 1 heterocycles. The van der Waals surface area contributed by atoms with Crippen molar-refractivity contribution in [3.8, 4) is 0 Å². The van der Waals surface area contributed by atoms with Gasteiger partial charge in [-0.25, -0.2) is 0 Å². The Hall–Kier alpha value is -0.680. The third-order valence-electron chi connectivity index (χ3n) is 1.41. The van der Waals surface area contributed by atoms with Gasteiger partial charge in [0.15, 0.2) is 0 Å². The molecule has 1 saturated heterocycles. The highest BCUT2D eigenvalue weighted by Crippen LogP contribution is 2.07. The maximum atomic E-state index is 3.56. The zero-order valence-electron chi connectivity index (χ0n) is 5.04. The molecular formula is C7H11N. The predicted molar refractivity (Wildman–Crippen MR) is 34.5 cm³/mol. The largest absolute Gasteiger partial charge is 0.382 e. The highest BCUT2D eigenvalue weighted by Gasteiger charge is 2.00. The Balaban J connectivity index is 2.45. The van der Waals surface area contributed by atoms with Crippen LogP contribution in [0.15, 0.2) is 18.0 Å². The van der Waals surface area contributed by atoms with Gasteiger partial charge in [-0.15, -0.1) is 5.73 Å². The fourth-order valence-corrected chi connectivity index (χ4v) is 0.905. The van der Waals surface area contributed by atoms with Crippen LogP contribution in [-0.2, 0) is 0 Å². The fraction of sp³-hybridized carbons (Fsp3) is 0.571. The van der Waals surface area contributed by atoms with Gasteiger partial charge < -0.3 is 5.32 Å². The van der Waals surface area contributed by atoms with Gasteiger partial charge in [0, 0.05) is 6.54 Å². The number of piperidine rings is 1. The van der Waals surface area contributed by atoms with Crippen LogP contribution in [0.25, 0.3) is 0 Å². The van der Waals surface area contributed by atoms with Crippen LogP contribution in [-0.4, -0.2) is 6.54 Å². The van der Waals surface area contributed by atoms with E-state index in [9.17, 15) is 0 Å². The molecule has 0 aromatic heterocycles. The smallest absolute Gasteiger partial charge is 0.0531 e. The third kappa shape index (κ3) is 1.14. The molecule has 0 saturated carbocycles. The normalized spacial score (nSPS) is 19.2. The van der Waals surface area contributed by atoms with E-state index in [4.69, 9.17) is 0 Å². The molecule has 0 unspecified atom stereocenters. The summed E-state index contributed by atoms with van der Waals surface area (Å²) in [5.41, 5.74) is 4.05. The Bertz CT molecular complexity index is 112. The number of hydrogen-bond donors (Lipinski definition) is 1. The van der Waals surface area contributed by atoms with Crippen molar-refractivity contribution in [2.24, 2.45) is 0 Å². The second kappa shape index (κ2) is 2.58. The quantitative estimate of drug-likeness (QED) is 0.464. The van der Waals surface area contributed by atoms with E-state index in [1.807, 2.05) is 0 Å². The topological polar surface area (TPSA) is 12.0 Å². The van der Waals surface area contributed by atoms with Gasteiger partial charge in [0.25, 0.3) is 0 Å². The minimum absolute atomic E-state index is 1.11. The molecule has 1 heteroatoms. The Morgan fingerprint density at radius 3 is 2.75 bits per heavy atom. The average molecular weight is 109 g/mol. The lowest BCUT2D eigenvalue weighted by Gasteiger charge is -2.13. The van der Waals surface area contributed by atoms with Crippen LogP contribution in [0.3, 0.4) is 0 Å². The van der Waals surface area contributed by atoms with Crippen molar-refractivity contribution in [2.45, 2.75) is 19.3 Å². The molecule has 8 heavy (non-hydrogen) atoms. The zero-order valence-corrected chi connectivity index (χ0v) is 5.04. The van der Waals surface area contributed by atoms with Crippen LogP contribution in [0.1, 0.15) is 19.3 Å². The van der Waals surface area contributed by atoms with Crippen molar-refractivity contribution in [3.63, 3.8) is 0 Å². The van der Waals surface area contributed by atoms with Gasteiger partial charge in [0.05, 0.1) is 5.70 Å². The molecule has 1 fully saturated rings. The van der Waals surface area contributed by atoms with Crippen molar-refractivity contribution in [2.75, 3.05) is 6.54 Å². The first-order chi connectivity index (χ1) is 3.93. The standard InChI is InChI=1S/C7H11N/c1-2-7-5-3-4-6-8-7/h8H,1,3-6H2. The second-order valence-electron chi connectivity index (χ2n) is 2.04. The molecule has 1 aliphatic rings. The summed E-state index contributed by atoms with van der Waals surface area (Å²) in [5, 5.41) is 3.21. The first kappa shape index (κ1) is 5.46. The van der Waals surface area contributed by atoms with E-state index in [-0.39, 0.29) is 0 Å². The maximum absolute atomic E-state index is 3.56. The molecule has 0 aliphatic carbocycles. The lowest BCUT2D eigenvalue weighted by atomic mass is 10.1. The summed E-state index contributed by atoms with van der Waals surface area (Å²) in [4.78, 5) is 0. The van der Waals surface area contributed by atoms with E-state index < -0.39 is 0 Å². The minimum Gasteiger partial charge on any atom is -0.382 e. The number of hydrogen-bond acceptors (Lipinski definition) is 1. The van der Waals surface area contributed by atoms with Gasteiger partial charge in [0.1, 0.15) is 0 Å². The van der Waals surface area contributed by atoms with Gasteiger partial charge in [-0.2, -0.15) is 0 Å². The first-order valence-corrected chi connectivity index (χ1v) is 3.06. The molecule has 1 nitrogen and oxygen atoms in total. The molecule has 1 aliphatic heterocycles. The summed E-state index contributed by atoms with van der Waals surface area (Å²) in [6, 6.07) is 0. The maximum Gasteiger partial charge on any atom is 0.0531 e. The summed E-state index contributed by atoms with van der Waals surface area (Å²) in [6.07, 6.45) is 3.74. The lowest BCUT2D eigenvalue weighted by Crippen LogP contribution is -2.18. The van der Waals surface area contributed by atoms with E-state index in [0.717, 1.165) is 13.0 Å². The Labute approximate surface area is 50.1 Å². The van der Waals surface area contributed by atoms with Crippen LogP contribution in [0.2, 0.25) is 0 Å². The molecule has 0 radical (unpaired) electrons. The van der Waals surface area contributed by atoms with Crippen LogP contribution in [0.5, 0.6) is 0 Å². The monoisotopic (exact) mass is 109 g/mol. The van der Waals surface area contributed by atoms with Crippen LogP contribution in [0, 0.1) is 0 Å². The highest BCUT2D eigenvalue weighted by molar-refractivity contribution is 4.98. The Morgan fingerprint density at radius 1 is 1.50 bits per heavy atom. The fourth-order valence-electron chi connectivity index (χ4n) is 0.905. The molecular weight excluding hydrogens is 98.1 g/mol. The van der Waals surface area contributed by atoms with Gasteiger partial charge in [-0.1, -0.05) is 6.58 Å². The Kier molecular flexibility index (Phi) is 1.76. The van der Waals surface area contributed by atoms with E-state index in [1.54, 1.807) is 0 Å². The highest BCUT2D eigenvalue weighted by atomic mass is 14.9. The molecule has 1 rings (SSSR count). The van der Waals surface area contributed by atoms with Crippen molar-refractivity contribution in [1.82, 2.24) is 5.32 Å². The second-order valence-corrected chi connectivity index (χ2v) is 2.04. The SMILES string of the molecule is C=C=C1CCCCN1. The molecule has 0 amide bonds. The van der Waals surface area contributed by atoms with E-state index in [0.29, 0.717) is 0 Å². The molecule has 0 aromatic rings. The third-order valence-corrected chi connectivity index (χ3v) is 1.41. The van der Waals surface area contributed by atoms with E-state index in [1.165, 1.54) is 18.5 Å². The molecule has 1 N–H and O–H groups in total. The van der Waals surface area contributed by atoms with Crippen LogP contribution >= 0.6 is 0 Å². The van der Waals surface area contributed by atoms with Gasteiger partial charge >= 0.3 is 0 Å². The Morgan fingerprint density at radius 2 is 2.38 bits per heavy atom. The van der Waals surface area contributed by atoms with Crippen molar-refractivity contribution < 1.29 is 0 Å². The van der Waals surface area contributed by atoms with Crippen molar-refractivity contribution >= 4 is 0 Å². The summed E-state index contributed by atoms with van der Waals surface area (Å²) in [5.74, 6) is 0. The minimum atomic E-state index is 1.11. The van der Waals surface area contributed by atoms with Crippen molar-refractivity contribution in [3.05, 3.63) is 18.0 Å². The van der Waals surface area contributed by atoms with E-state index >= 15 is 0 Å².